The molecule has 0 spiro atoms. The van der Waals surface area contributed by atoms with Crippen molar-refractivity contribution in [2.45, 2.75) is 52.1 Å². The lowest BCUT2D eigenvalue weighted by molar-refractivity contribution is -0.121. The van der Waals surface area contributed by atoms with E-state index in [0.29, 0.717) is 12.5 Å². The van der Waals surface area contributed by atoms with E-state index in [1.807, 2.05) is 13.8 Å². The molecule has 1 aromatic heterocycles. The lowest BCUT2D eigenvalue weighted by atomic mass is 10.2. The first kappa shape index (κ1) is 13.1. The van der Waals surface area contributed by atoms with E-state index >= 15 is 0 Å². The van der Waals surface area contributed by atoms with E-state index in [1.165, 1.54) is 0 Å². The Balaban J connectivity index is 1.57. The second kappa shape index (κ2) is 6.00. The molecule has 0 bridgehead atoms. The molecule has 5 heteroatoms. The number of carbonyl (C=O) groups excluding carboxylic acids is 1. The number of carbonyl (C=O) groups is 1. The van der Waals surface area contributed by atoms with Gasteiger partial charge in [-0.1, -0.05) is 5.16 Å². The second-order valence-corrected chi connectivity index (χ2v) is 4.92. The van der Waals surface area contributed by atoms with Crippen molar-refractivity contribution in [3.63, 3.8) is 0 Å². The third-order valence-electron chi connectivity index (χ3n) is 3.18. The molecule has 2 N–H and O–H groups in total. The fourth-order valence-corrected chi connectivity index (χ4v) is 1.87. The lowest BCUT2D eigenvalue weighted by Gasteiger charge is -2.05. The van der Waals surface area contributed by atoms with Gasteiger partial charge in [0.1, 0.15) is 5.76 Å². The first-order valence-corrected chi connectivity index (χ1v) is 6.58. The van der Waals surface area contributed by atoms with Gasteiger partial charge in [0.05, 0.1) is 5.69 Å². The SMILES string of the molecule is Cc1noc(C)c1CNCCCC(=O)NC1CC1. The molecule has 1 amide bonds. The smallest absolute Gasteiger partial charge is 0.220 e. The number of amides is 1. The van der Waals surface area contributed by atoms with Gasteiger partial charge in [-0.2, -0.15) is 0 Å². The van der Waals surface area contributed by atoms with E-state index in [-0.39, 0.29) is 5.91 Å². The summed E-state index contributed by atoms with van der Waals surface area (Å²) in [6, 6.07) is 0.466. The minimum atomic E-state index is 0.177. The number of nitrogens with zero attached hydrogens (tertiary/aromatic N) is 1. The molecule has 0 unspecified atom stereocenters. The predicted molar refractivity (Wildman–Crippen MR) is 68.1 cm³/mol. The first-order valence-electron chi connectivity index (χ1n) is 6.58. The average Bonchev–Trinajstić information content (AvgIpc) is 3.08. The topological polar surface area (TPSA) is 67.2 Å². The summed E-state index contributed by atoms with van der Waals surface area (Å²) in [6.45, 7) is 5.45. The van der Waals surface area contributed by atoms with Crippen molar-refractivity contribution in [3.8, 4) is 0 Å². The number of hydrogen-bond acceptors (Lipinski definition) is 4. The van der Waals surface area contributed by atoms with E-state index in [4.69, 9.17) is 4.52 Å². The molecule has 1 heterocycles. The van der Waals surface area contributed by atoms with Crippen molar-refractivity contribution in [1.29, 1.82) is 0 Å². The van der Waals surface area contributed by atoms with Crippen molar-refractivity contribution in [2.24, 2.45) is 0 Å². The van der Waals surface area contributed by atoms with Gasteiger partial charge in [-0.3, -0.25) is 4.79 Å². The molecule has 100 valence electrons. The van der Waals surface area contributed by atoms with Gasteiger partial charge in [0.2, 0.25) is 5.91 Å². The van der Waals surface area contributed by atoms with E-state index in [0.717, 1.165) is 49.4 Å². The van der Waals surface area contributed by atoms with Crippen molar-refractivity contribution in [2.75, 3.05) is 6.54 Å². The van der Waals surface area contributed by atoms with Crippen LogP contribution >= 0.6 is 0 Å². The van der Waals surface area contributed by atoms with Crippen LogP contribution in [0.15, 0.2) is 4.52 Å². The Kier molecular flexibility index (Phi) is 4.36. The van der Waals surface area contributed by atoms with Crippen molar-refractivity contribution >= 4 is 5.91 Å². The number of rotatable bonds is 7. The standard InChI is InChI=1S/C13H21N3O2/c1-9-12(10(2)18-16-9)8-14-7-3-4-13(17)15-11-5-6-11/h11,14H,3-8H2,1-2H3,(H,15,17). The summed E-state index contributed by atoms with van der Waals surface area (Å²) in [5.74, 6) is 1.04. The van der Waals surface area contributed by atoms with Crippen molar-refractivity contribution in [1.82, 2.24) is 15.8 Å². The summed E-state index contributed by atoms with van der Waals surface area (Å²) in [7, 11) is 0. The molecule has 0 atom stereocenters. The number of aromatic nitrogens is 1. The molecule has 0 radical (unpaired) electrons. The highest BCUT2D eigenvalue weighted by molar-refractivity contribution is 5.76. The minimum absolute atomic E-state index is 0.177. The van der Waals surface area contributed by atoms with Crippen LogP contribution in [-0.4, -0.2) is 23.7 Å². The largest absolute Gasteiger partial charge is 0.361 e. The first-order chi connectivity index (χ1) is 8.66. The molecule has 1 aliphatic carbocycles. The Morgan fingerprint density at radius 1 is 1.44 bits per heavy atom. The van der Waals surface area contributed by atoms with Gasteiger partial charge in [-0.25, -0.2) is 0 Å². The van der Waals surface area contributed by atoms with Crippen LogP contribution in [-0.2, 0) is 11.3 Å². The molecular formula is C13H21N3O2. The molecular weight excluding hydrogens is 230 g/mol. The zero-order valence-electron chi connectivity index (χ0n) is 11.1. The normalized spacial score (nSPS) is 14.8. The zero-order chi connectivity index (χ0) is 13.0. The maximum absolute atomic E-state index is 11.4. The Bertz CT molecular complexity index is 391. The van der Waals surface area contributed by atoms with Gasteiger partial charge < -0.3 is 15.2 Å². The van der Waals surface area contributed by atoms with Crippen LogP contribution in [0.3, 0.4) is 0 Å². The summed E-state index contributed by atoms with van der Waals surface area (Å²) >= 11 is 0. The molecule has 2 rings (SSSR count). The fraction of sp³-hybridized carbons (Fsp3) is 0.692. The predicted octanol–water partition coefficient (Wildman–Crippen LogP) is 1.44. The molecule has 0 aliphatic heterocycles. The maximum atomic E-state index is 11.4. The molecule has 1 saturated carbocycles. The van der Waals surface area contributed by atoms with Crippen LogP contribution < -0.4 is 10.6 Å². The summed E-state index contributed by atoms with van der Waals surface area (Å²) < 4.78 is 5.09. The van der Waals surface area contributed by atoms with Crippen LogP contribution in [0.25, 0.3) is 0 Å². The Morgan fingerprint density at radius 3 is 2.83 bits per heavy atom. The van der Waals surface area contributed by atoms with Crippen LogP contribution in [0, 0.1) is 13.8 Å². The quantitative estimate of drug-likeness (QED) is 0.720. The van der Waals surface area contributed by atoms with Crippen LogP contribution in [0.5, 0.6) is 0 Å². The highest BCUT2D eigenvalue weighted by Crippen LogP contribution is 2.18. The van der Waals surface area contributed by atoms with Crippen LogP contribution in [0.4, 0.5) is 0 Å². The zero-order valence-corrected chi connectivity index (χ0v) is 11.1. The Morgan fingerprint density at radius 2 is 2.22 bits per heavy atom. The Labute approximate surface area is 107 Å². The second-order valence-electron chi connectivity index (χ2n) is 4.92. The molecule has 18 heavy (non-hydrogen) atoms. The van der Waals surface area contributed by atoms with Crippen molar-refractivity contribution < 1.29 is 9.32 Å². The van der Waals surface area contributed by atoms with Crippen LogP contribution in [0.2, 0.25) is 0 Å². The maximum Gasteiger partial charge on any atom is 0.220 e. The van der Waals surface area contributed by atoms with Gasteiger partial charge >= 0.3 is 0 Å². The highest BCUT2D eigenvalue weighted by Gasteiger charge is 2.22. The van der Waals surface area contributed by atoms with Gasteiger partial charge in [-0.05, 0) is 39.7 Å². The molecule has 0 aromatic carbocycles. The average molecular weight is 251 g/mol. The van der Waals surface area contributed by atoms with Gasteiger partial charge in [-0.15, -0.1) is 0 Å². The minimum Gasteiger partial charge on any atom is -0.361 e. The molecule has 1 fully saturated rings. The molecule has 5 nitrogen and oxygen atoms in total. The summed E-state index contributed by atoms with van der Waals surface area (Å²) in [6.07, 6.45) is 3.76. The van der Waals surface area contributed by atoms with Gasteiger partial charge in [0.15, 0.2) is 0 Å². The van der Waals surface area contributed by atoms with E-state index in [2.05, 4.69) is 15.8 Å². The van der Waals surface area contributed by atoms with E-state index in [1.54, 1.807) is 0 Å². The number of aryl methyl sites for hydroxylation is 2. The van der Waals surface area contributed by atoms with E-state index < -0.39 is 0 Å². The number of hydrogen-bond donors (Lipinski definition) is 2. The summed E-state index contributed by atoms with van der Waals surface area (Å²) in [5, 5.41) is 10.2. The van der Waals surface area contributed by atoms with E-state index in [9.17, 15) is 4.79 Å². The Hall–Kier alpha value is -1.36. The van der Waals surface area contributed by atoms with Crippen molar-refractivity contribution in [3.05, 3.63) is 17.0 Å². The molecule has 1 aromatic rings. The monoisotopic (exact) mass is 251 g/mol. The van der Waals surface area contributed by atoms with Gasteiger partial charge in [0, 0.05) is 24.6 Å². The van der Waals surface area contributed by atoms with Crippen LogP contribution in [0.1, 0.15) is 42.7 Å². The van der Waals surface area contributed by atoms with Gasteiger partial charge in [0.25, 0.3) is 0 Å². The lowest BCUT2D eigenvalue weighted by Crippen LogP contribution is -2.26. The third-order valence-corrected chi connectivity index (χ3v) is 3.18. The summed E-state index contributed by atoms with van der Waals surface area (Å²) in [5.41, 5.74) is 2.06. The molecule has 1 aliphatic rings. The highest BCUT2D eigenvalue weighted by atomic mass is 16.5. The fourth-order valence-electron chi connectivity index (χ4n) is 1.87. The molecule has 0 saturated heterocycles. The third kappa shape index (κ3) is 3.84. The number of nitrogens with one attached hydrogen (secondary N) is 2. The summed E-state index contributed by atoms with van der Waals surface area (Å²) in [4.78, 5) is 11.4.